The molecule has 122 valence electrons. The van der Waals surface area contributed by atoms with Crippen LogP contribution in [0.1, 0.15) is 34.1 Å². The maximum atomic E-state index is 12.3. The van der Waals surface area contributed by atoms with Gasteiger partial charge in [0.1, 0.15) is 5.69 Å². The minimum atomic E-state index is -0.453. The van der Waals surface area contributed by atoms with Crippen LogP contribution in [0.4, 0.5) is 5.69 Å². The van der Waals surface area contributed by atoms with Gasteiger partial charge in [0.05, 0.1) is 20.3 Å². The van der Waals surface area contributed by atoms with Crippen molar-refractivity contribution >= 4 is 11.7 Å². The number of rotatable bonds is 6. The van der Waals surface area contributed by atoms with Crippen LogP contribution in [-0.4, -0.2) is 24.3 Å². The Bertz CT molecular complexity index is 734. The van der Waals surface area contributed by atoms with Crippen LogP contribution in [0.15, 0.2) is 29.6 Å². The zero-order valence-corrected chi connectivity index (χ0v) is 13.8. The summed E-state index contributed by atoms with van der Waals surface area (Å²) in [4.78, 5) is 23.3. The molecule has 0 saturated heterocycles. The first-order valence-corrected chi connectivity index (χ1v) is 7.35. The first kappa shape index (κ1) is 16.7. The molecule has 1 aromatic carbocycles. The topological polar surface area (TPSA) is 69.9 Å². The monoisotopic (exact) mass is 316 g/mol. The molecule has 1 heterocycles. The van der Waals surface area contributed by atoms with Crippen LogP contribution in [0, 0.1) is 18.8 Å². The molecule has 0 aliphatic rings. The molecular formula is C17H20N2O4. The van der Waals surface area contributed by atoms with Crippen molar-refractivity contribution in [2.75, 3.05) is 13.7 Å². The molecule has 0 fully saturated rings. The van der Waals surface area contributed by atoms with Crippen molar-refractivity contribution in [3.8, 4) is 5.75 Å². The number of methoxy groups -OCH3 is 1. The zero-order chi connectivity index (χ0) is 17.0. The number of nitroso groups, excluding NO2 is 1. The van der Waals surface area contributed by atoms with Crippen molar-refractivity contribution in [1.29, 1.82) is 0 Å². The molecule has 0 radical (unpaired) electrons. The molecule has 6 heteroatoms. The fraction of sp³-hybridized carbons (Fsp3) is 0.353. The molecular weight excluding hydrogens is 296 g/mol. The van der Waals surface area contributed by atoms with E-state index in [1.807, 2.05) is 32.2 Å². The van der Waals surface area contributed by atoms with Gasteiger partial charge >= 0.3 is 5.97 Å². The molecule has 2 rings (SSSR count). The van der Waals surface area contributed by atoms with E-state index in [0.717, 1.165) is 16.7 Å². The standard InChI is InChI=1S/C17H20N2O4/c1-5-23-17(20)15-16(22-4)12(3)9-19(15)10-13-8-11(2)6-7-14(13)18-21/h6-9H,5,10H2,1-4H3. The Morgan fingerprint density at radius 2 is 2.04 bits per heavy atom. The highest BCUT2D eigenvalue weighted by molar-refractivity contribution is 5.91. The first-order valence-electron chi connectivity index (χ1n) is 7.35. The Kier molecular flexibility index (Phi) is 5.16. The van der Waals surface area contributed by atoms with Crippen molar-refractivity contribution in [3.63, 3.8) is 0 Å². The quantitative estimate of drug-likeness (QED) is 0.601. The summed E-state index contributed by atoms with van der Waals surface area (Å²) in [6.45, 7) is 6.15. The minimum Gasteiger partial charge on any atom is -0.494 e. The Balaban J connectivity index is 2.50. The summed E-state index contributed by atoms with van der Waals surface area (Å²) in [7, 11) is 1.51. The summed E-state index contributed by atoms with van der Waals surface area (Å²) >= 11 is 0. The number of carbonyl (C=O) groups is 1. The molecule has 6 nitrogen and oxygen atoms in total. The van der Waals surface area contributed by atoms with E-state index in [1.54, 1.807) is 17.6 Å². The highest BCUT2D eigenvalue weighted by atomic mass is 16.5. The van der Waals surface area contributed by atoms with Gasteiger partial charge in [-0.3, -0.25) is 0 Å². The largest absolute Gasteiger partial charge is 0.494 e. The number of hydrogen-bond acceptors (Lipinski definition) is 5. The number of aryl methyl sites for hydroxylation is 2. The van der Waals surface area contributed by atoms with Gasteiger partial charge in [0.2, 0.25) is 0 Å². The van der Waals surface area contributed by atoms with E-state index in [0.29, 0.717) is 23.7 Å². The van der Waals surface area contributed by atoms with Crippen molar-refractivity contribution in [3.05, 3.63) is 51.7 Å². The number of carbonyl (C=O) groups excluding carboxylic acids is 1. The van der Waals surface area contributed by atoms with Crippen molar-refractivity contribution in [2.45, 2.75) is 27.3 Å². The summed E-state index contributed by atoms with van der Waals surface area (Å²) in [5.74, 6) is 0.0300. The van der Waals surface area contributed by atoms with E-state index < -0.39 is 5.97 Å². The fourth-order valence-electron chi connectivity index (χ4n) is 2.58. The molecule has 0 aliphatic heterocycles. The average molecular weight is 316 g/mol. The third kappa shape index (κ3) is 3.41. The number of benzene rings is 1. The predicted octanol–water partition coefficient (Wildman–Crippen LogP) is 3.74. The van der Waals surface area contributed by atoms with Crippen molar-refractivity contribution in [2.24, 2.45) is 5.18 Å². The minimum absolute atomic E-state index is 0.276. The fourth-order valence-corrected chi connectivity index (χ4v) is 2.58. The lowest BCUT2D eigenvalue weighted by molar-refractivity contribution is 0.0510. The van der Waals surface area contributed by atoms with Crippen LogP contribution in [0.25, 0.3) is 0 Å². The van der Waals surface area contributed by atoms with E-state index in [2.05, 4.69) is 5.18 Å². The zero-order valence-electron chi connectivity index (χ0n) is 13.8. The van der Waals surface area contributed by atoms with Crippen LogP contribution >= 0.6 is 0 Å². The average Bonchev–Trinajstić information content (AvgIpc) is 2.83. The first-order chi connectivity index (χ1) is 11.0. The molecule has 0 atom stereocenters. The van der Waals surface area contributed by atoms with E-state index in [-0.39, 0.29) is 6.61 Å². The van der Waals surface area contributed by atoms with Gasteiger partial charge in [-0.1, -0.05) is 17.7 Å². The molecule has 0 N–H and O–H groups in total. The maximum absolute atomic E-state index is 12.3. The molecule has 1 aromatic heterocycles. The van der Waals surface area contributed by atoms with Gasteiger partial charge in [-0.15, -0.1) is 4.91 Å². The molecule has 0 unspecified atom stereocenters. The van der Waals surface area contributed by atoms with Gasteiger partial charge in [-0.2, -0.15) is 0 Å². The van der Waals surface area contributed by atoms with E-state index in [1.165, 1.54) is 7.11 Å². The maximum Gasteiger partial charge on any atom is 0.358 e. The molecule has 23 heavy (non-hydrogen) atoms. The Morgan fingerprint density at radius 3 is 2.65 bits per heavy atom. The van der Waals surface area contributed by atoms with Gasteiger partial charge in [0.15, 0.2) is 11.4 Å². The van der Waals surface area contributed by atoms with Crippen LogP contribution in [0.2, 0.25) is 0 Å². The summed E-state index contributed by atoms with van der Waals surface area (Å²) in [6.07, 6.45) is 1.81. The third-order valence-electron chi connectivity index (χ3n) is 3.56. The molecule has 0 spiro atoms. The van der Waals surface area contributed by atoms with Crippen LogP contribution in [0.3, 0.4) is 0 Å². The van der Waals surface area contributed by atoms with E-state index in [9.17, 15) is 9.70 Å². The highest BCUT2D eigenvalue weighted by Gasteiger charge is 2.22. The molecule has 0 amide bonds. The predicted molar refractivity (Wildman–Crippen MR) is 87.4 cm³/mol. The lowest BCUT2D eigenvalue weighted by Crippen LogP contribution is -2.13. The van der Waals surface area contributed by atoms with Gasteiger partial charge in [-0.25, -0.2) is 4.79 Å². The summed E-state index contributed by atoms with van der Waals surface area (Å²) in [5.41, 5.74) is 3.27. The number of ether oxygens (including phenoxy) is 2. The SMILES string of the molecule is CCOC(=O)c1c(OC)c(C)cn1Cc1cc(C)ccc1N=O. The van der Waals surface area contributed by atoms with E-state index in [4.69, 9.17) is 9.47 Å². The molecule has 2 aromatic rings. The van der Waals surface area contributed by atoms with Crippen molar-refractivity contribution < 1.29 is 14.3 Å². The number of nitrogens with zero attached hydrogens (tertiary/aromatic N) is 2. The second kappa shape index (κ2) is 7.09. The van der Waals surface area contributed by atoms with Gasteiger partial charge in [0.25, 0.3) is 0 Å². The molecule has 0 bridgehead atoms. The lowest BCUT2D eigenvalue weighted by atomic mass is 10.1. The smallest absolute Gasteiger partial charge is 0.358 e. The van der Waals surface area contributed by atoms with Gasteiger partial charge < -0.3 is 14.0 Å². The molecule has 0 aliphatic carbocycles. The summed E-state index contributed by atoms with van der Waals surface area (Å²) < 4.78 is 12.2. The van der Waals surface area contributed by atoms with Crippen LogP contribution in [0.5, 0.6) is 5.75 Å². The summed E-state index contributed by atoms with van der Waals surface area (Å²) in [5, 5.41) is 3.06. The van der Waals surface area contributed by atoms with Gasteiger partial charge in [-0.05, 0) is 32.0 Å². The second-order valence-electron chi connectivity index (χ2n) is 5.27. The normalized spacial score (nSPS) is 10.4. The third-order valence-corrected chi connectivity index (χ3v) is 3.56. The molecule has 0 saturated carbocycles. The van der Waals surface area contributed by atoms with Crippen molar-refractivity contribution in [1.82, 2.24) is 4.57 Å². The van der Waals surface area contributed by atoms with Crippen LogP contribution < -0.4 is 4.74 Å². The number of aromatic nitrogens is 1. The Labute approximate surface area is 135 Å². The highest BCUT2D eigenvalue weighted by Crippen LogP contribution is 2.29. The Hall–Kier alpha value is -2.63. The Morgan fingerprint density at radius 1 is 1.30 bits per heavy atom. The van der Waals surface area contributed by atoms with Gasteiger partial charge in [0, 0.05) is 17.3 Å². The number of hydrogen-bond donors (Lipinski definition) is 0. The van der Waals surface area contributed by atoms with E-state index >= 15 is 0 Å². The lowest BCUT2D eigenvalue weighted by Gasteiger charge is -2.11. The number of esters is 1. The second-order valence-corrected chi connectivity index (χ2v) is 5.27. The summed E-state index contributed by atoms with van der Waals surface area (Å²) in [6, 6.07) is 5.39. The van der Waals surface area contributed by atoms with Crippen LogP contribution in [-0.2, 0) is 11.3 Å².